The number of hydrogen-bond acceptors (Lipinski definition) is 3. The molecule has 1 fully saturated rings. The van der Waals surface area contributed by atoms with E-state index in [2.05, 4.69) is 6.58 Å². The first-order chi connectivity index (χ1) is 11.4. The Kier molecular flexibility index (Phi) is 5.21. The molecule has 1 amide bonds. The van der Waals surface area contributed by atoms with Crippen molar-refractivity contribution in [3.8, 4) is 5.75 Å². The molecule has 130 valence electrons. The molecule has 1 aromatic rings. The van der Waals surface area contributed by atoms with Crippen LogP contribution in [0.4, 0.5) is 8.78 Å². The third-order valence-electron chi connectivity index (χ3n) is 4.34. The average molecular weight is 339 g/mol. The molecular weight excluding hydrogens is 320 g/mol. The first-order valence-corrected chi connectivity index (χ1v) is 7.52. The molecule has 0 aliphatic carbocycles. The predicted molar refractivity (Wildman–Crippen MR) is 82.9 cm³/mol. The second-order valence-electron chi connectivity index (χ2n) is 5.85. The van der Waals surface area contributed by atoms with Gasteiger partial charge < -0.3 is 14.7 Å². The Morgan fingerprint density at radius 3 is 2.75 bits per heavy atom. The molecule has 0 bridgehead atoms. The third-order valence-corrected chi connectivity index (χ3v) is 4.34. The minimum atomic E-state index is -1.30. The van der Waals surface area contributed by atoms with Crippen LogP contribution in [0.25, 0.3) is 0 Å². The Bertz CT molecular complexity index is 677. The van der Waals surface area contributed by atoms with Gasteiger partial charge in [-0.3, -0.25) is 9.59 Å². The molecule has 0 aromatic heterocycles. The Balaban J connectivity index is 2.38. The SMILES string of the molecule is C=CCC1(C(=O)O)CCCN(C(=O)c2c(OC)ccc(F)c2F)C1. The zero-order valence-electron chi connectivity index (χ0n) is 13.3. The number of allylic oxidation sites excluding steroid dienone is 1. The summed E-state index contributed by atoms with van der Waals surface area (Å²) in [5.74, 6) is -4.36. The summed E-state index contributed by atoms with van der Waals surface area (Å²) in [5.41, 5.74) is -1.68. The van der Waals surface area contributed by atoms with E-state index >= 15 is 0 Å². The lowest BCUT2D eigenvalue weighted by Gasteiger charge is -2.39. The van der Waals surface area contributed by atoms with E-state index in [-0.39, 0.29) is 25.3 Å². The highest BCUT2D eigenvalue weighted by molar-refractivity contribution is 5.97. The number of benzene rings is 1. The molecule has 0 saturated carbocycles. The van der Waals surface area contributed by atoms with Gasteiger partial charge in [-0.2, -0.15) is 0 Å². The zero-order chi connectivity index (χ0) is 17.9. The number of carbonyl (C=O) groups excluding carboxylic acids is 1. The lowest BCUT2D eigenvalue weighted by Crippen LogP contribution is -2.50. The van der Waals surface area contributed by atoms with Crippen LogP contribution in [0, 0.1) is 17.0 Å². The Morgan fingerprint density at radius 1 is 1.46 bits per heavy atom. The normalized spacial score (nSPS) is 20.5. The summed E-state index contributed by atoms with van der Waals surface area (Å²) in [6, 6.07) is 2.05. The number of carboxylic acid groups (broad SMARTS) is 1. The van der Waals surface area contributed by atoms with E-state index in [1.54, 1.807) is 0 Å². The van der Waals surface area contributed by atoms with E-state index in [0.717, 1.165) is 6.07 Å². The monoisotopic (exact) mass is 339 g/mol. The number of methoxy groups -OCH3 is 1. The van der Waals surface area contributed by atoms with Crippen molar-refractivity contribution in [3.63, 3.8) is 0 Å². The van der Waals surface area contributed by atoms with Crippen LogP contribution in [0.2, 0.25) is 0 Å². The Hall–Kier alpha value is -2.44. The molecule has 1 saturated heterocycles. The summed E-state index contributed by atoms with van der Waals surface area (Å²) in [4.78, 5) is 25.6. The van der Waals surface area contributed by atoms with Crippen LogP contribution in [-0.4, -0.2) is 42.1 Å². The van der Waals surface area contributed by atoms with E-state index in [0.29, 0.717) is 12.8 Å². The van der Waals surface area contributed by atoms with Gasteiger partial charge in [-0.1, -0.05) is 6.08 Å². The smallest absolute Gasteiger partial charge is 0.311 e. The zero-order valence-corrected chi connectivity index (χ0v) is 13.3. The average Bonchev–Trinajstić information content (AvgIpc) is 2.57. The second-order valence-corrected chi connectivity index (χ2v) is 5.85. The van der Waals surface area contributed by atoms with E-state index in [9.17, 15) is 23.5 Å². The molecule has 0 radical (unpaired) electrons. The van der Waals surface area contributed by atoms with Gasteiger partial charge in [0, 0.05) is 13.1 Å². The fourth-order valence-electron chi connectivity index (χ4n) is 3.07. The molecular formula is C17H19F2NO4. The van der Waals surface area contributed by atoms with Crippen LogP contribution in [0.15, 0.2) is 24.8 Å². The van der Waals surface area contributed by atoms with Crippen molar-refractivity contribution in [2.45, 2.75) is 19.3 Å². The van der Waals surface area contributed by atoms with Crippen molar-refractivity contribution < 1.29 is 28.2 Å². The van der Waals surface area contributed by atoms with Gasteiger partial charge in [-0.25, -0.2) is 8.78 Å². The molecule has 1 aromatic carbocycles. The van der Waals surface area contributed by atoms with E-state index in [1.807, 2.05) is 0 Å². The number of hydrogen-bond donors (Lipinski definition) is 1. The fraction of sp³-hybridized carbons (Fsp3) is 0.412. The highest BCUT2D eigenvalue weighted by atomic mass is 19.2. The van der Waals surface area contributed by atoms with Crippen LogP contribution in [-0.2, 0) is 4.79 Å². The maximum atomic E-state index is 14.1. The standard InChI is InChI=1S/C17H19F2NO4/c1-3-7-17(16(22)23)8-4-9-20(10-17)15(21)13-12(24-2)6-5-11(18)14(13)19/h3,5-6H,1,4,7-10H2,2H3,(H,22,23). The van der Waals surface area contributed by atoms with Crippen LogP contribution < -0.4 is 4.74 Å². The number of ether oxygens (including phenoxy) is 1. The van der Waals surface area contributed by atoms with Gasteiger partial charge in [-0.15, -0.1) is 6.58 Å². The van der Waals surface area contributed by atoms with Crippen molar-refractivity contribution in [3.05, 3.63) is 42.0 Å². The second kappa shape index (κ2) is 6.98. The van der Waals surface area contributed by atoms with Crippen LogP contribution in [0.3, 0.4) is 0 Å². The number of likely N-dealkylation sites (tertiary alicyclic amines) is 1. The molecule has 2 rings (SSSR count). The van der Waals surface area contributed by atoms with Crippen LogP contribution >= 0.6 is 0 Å². The molecule has 1 unspecified atom stereocenters. The van der Waals surface area contributed by atoms with Gasteiger partial charge in [-0.05, 0) is 31.4 Å². The summed E-state index contributed by atoms with van der Waals surface area (Å²) in [5, 5.41) is 9.54. The number of piperidine rings is 1. The molecule has 5 nitrogen and oxygen atoms in total. The van der Waals surface area contributed by atoms with Gasteiger partial charge in [0.25, 0.3) is 5.91 Å². The summed E-state index contributed by atoms with van der Waals surface area (Å²) >= 11 is 0. The number of halogens is 2. The Labute approximate surface area is 138 Å². The first kappa shape index (κ1) is 17.9. The lowest BCUT2D eigenvalue weighted by atomic mass is 9.77. The van der Waals surface area contributed by atoms with Crippen molar-refractivity contribution >= 4 is 11.9 Å². The number of amides is 1. The molecule has 7 heteroatoms. The Morgan fingerprint density at radius 2 is 2.17 bits per heavy atom. The van der Waals surface area contributed by atoms with Gasteiger partial charge in [0.05, 0.1) is 12.5 Å². The first-order valence-electron chi connectivity index (χ1n) is 7.52. The summed E-state index contributed by atoms with van der Waals surface area (Å²) in [6.07, 6.45) is 2.52. The topological polar surface area (TPSA) is 66.8 Å². The minimum Gasteiger partial charge on any atom is -0.496 e. The van der Waals surface area contributed by atoms with Crippen molar-refractivity contribution in [2.75, 3.05) is 20.2 Å². The molecule has 1 N–H and O–H groups in total. The van der Waals surface area contributed by atoms with Crippen molar-refractivity contribution in [2.24, 2.45) is 5.41 Å². The largest absolute Gasteiger partial charge is 0.496 e. The molecule has 1 aliphatic heterocycles. The van der Waals surface area contributed by atoms with Gasteiger partial charge in [0.15, 0.2) is 11.6 Å². The number of aliphatic carboxylic acids is 1. The maximum Gasteiger partial charge on any atom is 0.311 e. The highest BCUT2D eigenvalue weighted by Crippen LogP contribution is 2.36. The number of carbonyl (C=O) groups is 2. The minimum absolute atomic E-state index is 0.0888. The highest BCUT2D eigenvalue weighted by Gasteiger charge is 2.43. The van der Waals surface area contributed by atoms with Crippen LogP contribution in [0.1, 0.15) is 29.6 Å². The summed E-state index contributed by atoms with van der Waals surface area (Å²) in [7, 11) is 1.25. The molecule has 1 heterocycles. The van der Waals surface area contributed by atoms with Gasteiger partial charge in [0.1, 0.15) is 11.3 Å². The summed E-state index contributed by atoms with van der Waals surface area (Å²) < 4.78 is 32.6. The quantitative estimate of drug-likeness (QED) is 0.838. The predicted octanol–water partition coefficient (Wildman–Crippen LogP) is 2.86. The van der Waals surface area contributed by atoms with Crippen molar-refractivity contribution in [1.82, 2.24) is 4.90 Å². The van der Waals surface area contributed by atoms with E-state index in [4.69, 9.17) is 4.74 Å². The molecule has 1 atom stereocenters. The number of carboxylic acids is 1. The lowest BCUT2D eigenvalue weighted by molar-refractivity contribution is -0.151. The number of nitrogens with zero attached hydrogens (tertiary/aromatic N) is 1. The van der Waals surface area contributed by atoms with Crippen molar-refractivity contribution in [1.29, 1.82) is 0 Å². The van der Waals surface area contributed by atoms with Gasteiger partial charge >= 0.3 is 5.97 Å². The molecule has 0 spiro atoms. The molecule has 1 aliphatic rings. The third kappa shape index (κ3) is 3.11. The molecule has 24 heavy (non-hydrogen) atoms. The van der Waals surface area contributed by atoms with E-state index < -0.39 is 34.5 Å². The van der Waals surface area contributed by atoms with Gasteiger partial charge in [0.2, 0.25) is 0 Å². The van der Waals surface area contributed by atoms with Crippen LogP contribution in [0.5, 0.6) is 5.75 Å². The fourth-order valence-corrected chi connectivity index (χ4v) is 3.07. The van der Waals surface area contributed by atoms with E-state index in [1.165, 1.54) is 24.2 Å². The number of rotatable bonds is 5. The summed E-state index contributed by atoms with van der Waals surface area (Å²) in [6.45, 7) is 3.74. The maximum absolute atomic E-state index is 14.1.